The molecule has 0 aliphatic carbocycles. The van der Waals surface area contributed by atoms with Gasteiger partial charge in [0.1, 0.15) is 5.75 Å². The molecule has 0 radical (unpaired) electrons. The molecular formula is C22H16ClF3N2O3. The summed E-state index contributed by atoms with van der Waals surface area (Å²) in [7, 11) is 0. The minimum Gasteiger partial charge on any atom is -0.482 e. The van der Waals surface area contributed by atoms with Gasteiger partial charge in [-0.15, -0.1) is 0 Å². The molecule has 0 bridgehead atoms. The minimum absolute atomic E-state index is 0.282. The molecule has 9 heteroatoms. The molecule has 2 N–H and O–H groups in total. The van der Waals surface area contributed by atoms with Gasteiger partial charge in [0, 0.05) is 0 Å². The van der Waals surface area contributed by atoms with Crippen LogP contribution in [-0.2, 0) is 9.59 Å². The Labute approximate surface area is 180 Å². The second kappa shape index (κ2) is 9.99. The quantitative estimate of drug-likeness (QED) is 0.521. The fourth-order valence-corrected chi connectivity index (χ4v) is 2.85. The number of halogens is 4. The predicted molar refractivity (Wildman–Crippen MR) is 110 cm³/mol. The molecule has 5 nitrogen and oxygen atoms in total. The van der Waals surface area contributed by atoms with E-state index < -0.39 is 48.1 Å². The third-order valence-corrected chi connectivity index (χ3v) is 4.45. The van der Waals surface area contributed by atoms with Gasteiger partial charge in [-0.05, 0) is 35.4 Å². The molecule has 0 aliphatic rings. The van der Waals surface area contributed by atoms with Crippen molar-refractivity contribution in [3.8, 4) is 16.9 Å². The van der Waals surface area contributed by atoms with E-state index >= 15 is 0 Å². The lowest BCUT2D eigenvalue weighted by molar-refractivity contribution is -0.125. The van der Waals surface area contributed by atoms with Gasteiger partial charge in [0.05, 0.1) is 17.3 Å². The van der Waals surface area contributed by atoms with Gasteiger partial charge in [-0.1, -0.05) is 48.0 Å². The lowest BCUT2D eigenvalue weighted by Gasteiger charge is -2.11. The molecule has 0 saturated heterocycles. The Balaban J connectivity index is 1.49. The molecule has 0 aliphatic heterocycles. The highest BCUT2D eigenvalue weighted by Gasteiger charge is 2.16. The van der Waals surface area contributed by atoms with Crippen molar-refractivity contribution < 1.29 is 27.5 Å². The van der Waals surface area contributed by atoms with Crippen LogP contribution >= 0.6 is 11.6 Å². The van der Waals surface area contributed by atoms with Crippen molar-refractivity contribution in [1.82, 2.24) is 5.32 Å². The lowest BCUT2D eigenvalue weighted by atomic mass is 10.1. The molecule has 3 rings (SSSR count). The lowest BCUT2D eigenvalue weighted by Crippen LogP contribution is -2.36. The van der Waals surface area contributed by atoms with Crippen molar-refractivity contribution in [2.75, 3.05) is 18.5 Å². The number of ether oxygens (including phenoxy) is 1. The van der Waals surface area contributed by atoms with E-state index in [-0.39, 0.29) is 5.75 Å². The van der Waals surface area contributed by atoms with E-state index in [1.54, 1.807) is 18.2 Å². The molecule has 0 aromatic heterocycles. The van der Waals surface area contributed by atoms with Gasteiger partial charge in [0.15, 0.2) is 24.1 Å². The summed E-state index contributed by atoms with van der Waals surface area (Å²) in [6.07, 6.45) is 0. The summed E-state index contributed by atoms with van der Waals surface area (Å²) in [4.78, 5) is 23.7. The Morgan fingerprint density at radius 2 is 1.61 bits per heavy atom. The number of benzene rings is 3. The highest BCUT2D eigenvalue weighted by Crippen LogP contribution is 2.30. The van der Waals surface area contributed by atoms with Crippen LogP contribution < -0.4 is 15.4 Å². The van der Waals surface area contributed by atoms with Crippen molar-refractivity contribution in [2.24, 2.45) is 0 Å². The maximum atomic E-state index is 13.6. The molecule has 0 atom stereocenters. The summed E-state index contributed by atoms with van der Waals surface area (Å²) in [5.41, 5.74) is 1.31. The number of anilines is 1. The zero-order chi connectivity index (χ0) is 22.4. The minimum atomic E-state index is -1.70. The van der Waals surface area contributed by atoms with E-state index in [1.165, 1.54) is 0 Å². The summed E-state index contributed by atoms with van der Waals surface area (Å²) < 4.78 is 45.0. The standard InChI is InChI=1S/C22H16ClF3N2O3/c23-15-10-14(13-4-2-1-3-5-13)6-9-18(15)31-12-20(30)27-11-19(29)28-17-8-7-16(24)21(25)22(17)26/h1-10H,11-12H2,(H,27,30)(H,28,29). The summed E-state index contributed by atoms with van der Waals surface area (Å²) in [5, 5.41) is 4.61. The first kappa shape index (κ1) is 22.2. The van der Waals surface area contributed by atoms with Crippen LogP contribution in [0.3, 0.4) is 0 Å². The average molecular weight is 449 g/mol. The Morgan fingerprint density at radius 1 is 0.871 bits per heavy atom. The monoisotopic (exact) mass is 448 g/mol. The fourth-order valence-electron chi connectivity index (χ4n) is 2.62. The number of hydrogen-bond donors (Lipinski definition) is 2. The van der Waals surface area contributed by atoms with Crippen LogP contribution in [0.15, 0.2) is 60.7 Å². The number of carbonyl (C=O) groups is 2. The third kappa shape index (κ3) is 5.76. The first-order chi connectivity index (χ1) is 14.8. The van der Waals surface area contributed by atoms with E-state index in [1.807, 2.05) is 35.6 Å². The van der Waals surface area contributed by atoms with Gasteiger partial charge in [0.2, 0.25) is 5.91 Å². The second-order valence-electron chi connectivity index (χ2n) is 6.35. The van der Waals surface area contributed by atoms with Crippen molar-refractivity contribution in [3.63, 3.8) is 0 Å². The molecule has 0 fully saturated rings. The van der Waals surface area contributed by atoms with Crippen LogP contribution in [0, 0.1) is 17.5 Å². The highest BCUT2D eigenvalue weighted by molar-refractivity contribution is 6.32. The summed E-state index contributed by atoms with van der Waals surface area (Å²) in [6, 6.07) is 16.2. The molecule has 0 saturated carbocycles. The van der Waals surface area contributed by atoms with Crippen molar-refractivity contribution in [3.05, 3.63) is 83.1 Å². The number of amides is 2. The van der Waals surface area contributed by atoms with Crippen molar-refractivity contribution >= 4 is 29.1 Å². The van der Waals surface area contributed by atoms with Gasteiger partial charge in [-0.25, -0.2) is 13.2 Å². The van der Waals surface area contributed by atoms with Crippen molar-refractivity contribution in [2.45, 2.75) is 0 Å². The first-order valence-electron chi connectivity index (χ1n) is 9.03. The molecule has 3 aromatic carbocycles. The van der Waals surface area contributed by atoms with Gasteiger partial charge < -0.3 is 15.4 Å². The molecule has 31 heavy (non-hydrogen) atoms. The van der Waals surface area contributed by atoms with E-state index in [9.17, 15) is 22.8 Å². The Morgan fingerprint density at radius 3 is 2.32 bits per heavy atom. The molecule has 0 unspecified atom stereocenters. The van der Waals surface area contributed by atoms with Gasteiger partial charge in [-0.2, -0.15) is 0 Å². The van der Waals surface area contributed by atoms with Gasteiger partial charge in [0.25, 0.3) is 5.91 Å². The molecule has 160 valence electrons. The number of hydrogen-bond acceptors (Lipinski definition) is 3. The summed E-state index contributed by atoms with van der Waals surface area (Å²) in [6.45, 7) is -0.946. The van der Waals surface area contributed by atoms with Crippen LogP contribution in [-0.4, -0.2) is 25.0 Å². The first-order valence-corrected chi connectivity index (χ1v) is 9.41. The van der Waals surface area contributed by atoms with Gasteiger partial charge >= 0.3 is 0 Å². The van der Waals surface area contributed by atoms with Crippen LogP contribution in [0.5, 0.6) is 5.75 Å². The Hall–Kier alpha value is -3.52. The van der Waals surface area contributed by atoms with Crippen LogP contribution in [0.25, 0.3) is 11.1 Å². The summed E-state index contributed by atoms with van der Waals surface area (Å²) >= 11 is 6.21. The van der Waals surface area contributed by atoms with E-state index in [0.29, 0.717) is 11.1 Å². The zero-order valence-corrected chi connectivity index (χ0v) is 16.7. The highest BCUT2D eigenvalue weighted by atomic mass is 35.5. The molecule has 2 amide bonds. The van der Waals surface area contributed by atoms with E-state index in [0.717, 1.165) is 17.2 Å². The van der Waals surface area contributed by atoms with Crippen molar-refractivity contribution in [1.29, 1.82) is 0 Å². The smallest absolute Gasteiger partial charge is 0.258 e. The maximum absolute atomic E-state index is 13.6. The fraction of sp³-hybridized carbons (Fsp3) is 0.0909. The number of rotatable bonds is 7. The Bertz CT molecular complexity index is 1110. The topological polar surface area (TPSA) is 67.4 Å². The average Bonchev–Trinajstić information content (AvgIpc) is 2.78. The van der Waals surface area contributed by atoms with Crippen LogP contribution in [0.1, 0.15) is 0 Å². The normalized spacial score (nSPS) is 10.5. The molecule has 3 aromatic rings. The maximum Gasteiger partial charge on any atom is 0.258 e. The largest absolute Gasteiger partial charge is 0.482 e. The van der Waals surface area contributed by atoms with Crippen LogP contribution in [0.4, 0.5) is 18.9 Å². The number of carbonyl (C=O) groups excluding carboxylic acids is 2. The molecule has 0 heterocycles. The zero-order valence-electron chi connectivity index (χ0n) is 15.9. The third-order valence-electron chi connectivity index (χ3n) is 4.15. The SMILES string of the molecule is O=C(COc1ccc(-c2ccccc2)cc1Cl)NCC(=O)Nc1ccc(F)c(F)c1F. The Kier molecular flexibility index (Phi) is 7.15. The molecule has 0 spiro atoms. The predicted octanol–water partition coefficient (Wildman–Crippen LogP) is 4.56. The van der Waals surface area contributed by atoms with E-state index in [4.69, 9.17) is 16.3 Å². The van der Waals surface area contributed by atoms with Gasteiger partial charge in [-0.3, -0.25) is 9.59 Å². The van der Waals surface area contributed by atoms with Crippen LogP contribution in [0.2, 0.25) is 5.02 Å². The second-order valence-corrected chi connectivity index (χ2v) is 6.75. The number of nitrogens with one attached hydrogen (secondary N) is 2. The van der Waals surface area contributed by atoms with E-state index in [2.05, 4.69) is 5.32 Å². The molecular weight excluding hydrogens is 433 g/mol. The summed E-state index contributed by atoms with van der Waals surface area (Å²) in [5.74, 6) is -5.80.